The third-order valence-electron chi connectivity index (χ3n) is 4.59. The molecule has 2 aliphatic rings. The highest BCUT2D eigenvalue weighted by atomic mass is 19.1. The monoisotopic (exact) mass is 382 g/mol. The van der Waals surface area contributed by atoms with E-state index in [-0.39, 0.29) is 12.3 Å². The van der Waals surface area contributed by atoms with Crippen molar-refractivity contribution in [2.75, 3.05) is 11.5 Å². The molecule has 2 heterocycles. The van der Waals surface area contributed by atoms with Crippen LogP contribution in [0, 0.1) is 11.7 Å². The number of esters is 1. The lowest BCUT2D eigenvalue weighted by Crippen LogP contribution is -2.33. The van der Waals surface area contributed by atoms with E-state index in [0.29, 0.717) is 16.8 Å². The summed E-state index contributed by atoms with van der Waals surface area (Å²) in [6.07, 6.45) is -1.06. The minimum atomic E-state index is -1.06. The fourth-order valence-corrected chi connectivity index (χ4v) is 3.25. The van der Waals surface area contributed by atoms with Gasteiger partial charge in [0.05, 0.1) is 17.9 Å². The van der Waals surface area contributed by atoms with Gasteiger partial charge in [-0.1, -0.05) is 17.3 Å². The Morgan fingerprint density at radius 2 is 1.79 bits per heavy atom. The van der Waals surface area contributed by atoms with Crippen molar-refractivity contribution in [3.05, 3.63) is 65.5 Å². The molecule has 2 amide bonds. The molecule has 0 spiro atoms. The Balaban J connectivity index is 1.60. The number of carbonyl (C=O) groups is 3. The number of carbonyl (C=O) groups excluding carboxylic acids is 3. The van der Waals surface area contributed by atoms with E-state index in [2.05, 4.69) is 5.16 Å². The van der Waals surface area contributed by atoms with E-state index in [4.69, 9.17) is 9.57 Å². The van der Waals surface area contributed by atoms with E-state index in [1.54, 1.807) is 6.92 Å². The first kappa shape index (κ1) is 17.8. The number of anilines is 1. The van der Waals surface area contributed by atoms with Crippen molar-refractivity contribution < 1.29 is 28.3 Å². The molecule has 0 aliphatic carbocycles. The SMILES string of the molecule is CCOC(=O)c1ccc(N2C(=O)[C@@H]3C(c4ccc(F)cc4)=NO[C@@H]3C2=O)cc1. The maximum Gasteiger partial charge on any atom is 0.338 e. The van der Waals surface area contributed by atoms with Gasteiger partial charge in [0.1, 0.15) is 17.4 Å². The van der Waals surface area contributed by atoms with Crippen LogP contribution in [0.1, 0.15) is 22.8 Å². The average molecular weight is 382 g/mol. The Hall–Kier alpha value is -3.55. The predicted octanol–water partition coefficient (Wildman–Crippen LogP) is 2.29. The summed E-state index contributed by atoms with van der Waals surface area (Å²) in [5.74, 6) is -2.84. The topological polar surface area (TPSA) is 85.3 Å². The zero-order chi connectivity index (χ0) is 19.8. The lowest BCUT2D eigenvalue weighted by Gasteiger charge is -2.15. The molecule has 0 saturated carbocycles. The van der Waals surface area contributed by atoms with E-state index in [1.165, 1.54) is 48.5 Å². The van der Waals surface area contributed by atoms with Gasteiger partial charge in [0.2, 0.25) is 12.0 Å². The number of benzene rings is 2. The molecule has 2 atom stereocenters. The fraction of sp³-hybridized carbons (Fsp3) is 0.200. The highest BCUT2D eigenvalue weighted by Crippen LogP contribution is 2.35. The molecule has 0 unspecified atom stereocenters. The van der Waals surface area contributed by atoms with Gasteiger partial charge in [-0.15, -0.1) is 0 Å². The molecule has 142 valence electrons. The first-order chi connectivity index (χ1) is 13.5. The van der Waals surface area contributed by atoms with Crippen LogP contribution in [0.5, 0.6) is 0 Å². The quantitative estimate of drug-likeness (QED) is 0.598. The van der Waals surface area contributed by atoms with Crippen LogP contribution >= 0.6 is 0 Å². The number of rotatable bonds is 4. The maximum absolute atomic E-state index is 13.2. The summed E-state index contributed by atoms with van der Waals surface area (Å²) in [7, 11) is 0. The highest BCUT2D eigenvalue weighted by molar-refractivity contribution is 6.32. The molecule has 8 heteroatoms. The second kappa shape index (κ2) is 6.88. The minimum Gasteiger partial charge on any atom is -0.462 e. The number of hydrogen-bond donors (Lipinski definition) is 0. The number of fused-ring (bicyclic) bond motifs is 1. The summed E-state index contributed by atoms with van der Waals surface area (Å²) in [5.41, 5.74) is 1.43. The minimum absolute atomic E-state index is 0.246. The second-order valence-corrected chi connectivity index (χ2v) is 6.27. The maximum atomic E-state index is 13.2. The summed E-state index contributed by atoms with van der Waals surface area (Å²) >= 11 is 0. The Kier molecular flexibility index (Phi) is 4.38. The van der Waals surface area contributed by atoms with E-state index in [1.807, 2.05) is 0 Å². The van der Waals surface area contributed by atoms with Gasteiger partial charge >= 0.3 is 5.97 Å². The van der Waals surface area contributed by atoms with E-state index < -0.39 is 35.6 Å². The molecule has 2 aromatic rings. The lowest BCUT2D eigenvalue weighted by atomic mass is 9.94. The number of hydrogen-bond acceptors (Lipinski definition) is 6. The Morgan fingerprint density at radius 3 is 2.43 bits per heavy atom. The van der Waals surface area contributed by atoms with Gasteiger partial charge in [0.15, 0.2) is 0 Å². The molecule has 1 fully saturated rings. The standard InChI is InChI=1S/C20H15FN2O5/c1-2-27-20(26)12-5-9-14(10-6-12)23-18(24)15-16(22-28-17(15)19(23)25)11-3-7-13(21)8-4-11/h3-10,15,17H,2H2,1H3/t15-,17+/m1/s1. The van der Waals surface area contributed by atoms with Crippen LogP contribution in [0.25, 0.3) is 0 Å². The van der Waals surface area contributed by atoms with Gasteiger partial charge in [-0.2, -0.15) is 0 Å². The lowest BCUT2D eigenvalue weighted by molar-refractivity contribution is -0.126. The molecule has 2 aromatic carbocycles. The van der Waals surface area contributed by atoms with Crippen LogP contribution in [0.2, 0.25) is 0 Å². The van der Waals surface area contributed by atoms with Crippen LogP contribution < -0.4 is 4.90 Å². The van der Waals surface area contributed by atoms with Crippen molar-refractivity contribution in [2.45, 2.75) is 13.0 Å². The summed E-state index contributed by atoms with van der Waals surface area (Å²) in [6, 6.07) is 11.4. The van der Waals surface area contributed by atoms with Gasteiger partial charge in [-0.25, -0.2) is 14.1 Å². The number of ether oxygens (including phenoxy) is 1. The molecule has 0 aromatic heterocycles. The molecule has 0 bridgehead atoms. The van der Waals surface area contributed by atoms with Crippen molar-refractivity contribution in [1.82, 2.24) is 0 Å². The van der Waals surface area contributed by atoms with Crippen molar-refractivity contribution in [1.29, 1.82) is 0 Å². The molecule has 0 radical (unpaired) electrons. The number of oxime groups is 1. The Bertz CT molecular complexity index is 985. The average Bonchev–Trinajstić information content (AvgIpc) is 3.23. The largest absolute Gasteiger partial charge is 0.462 e. The van der Waals surface area contributed by atoms with Gasteiger partial charge in [0, 0.05) is 5.56 Å². The van der Waals surface area contributed by atoms with Crippen LogP contribution in [0.3, 0.4) is 0 Å². The number of nitrogens with zero attached hydrogens (tertiary/aromatic N) is 2. The van der Waals surface area contributed by atoms with Crippen molar-refractivity contribution in [2.24, 2.45) is 11.1 Å². The van der Waals surface area contributed by atoms with E-state index >= 15 is 0 Å². The summed E-state index contributed by atoms with van der Waals surface area (Å²) in [6.45, 7) is 1.95. The molecule has 4 rings (SSSR count). The van der Waals surface area contributed by atoms with Crippen molar-refractivity contribution in [3.8, 4) is 0 Å². The Morgan fingerprint density at radius 1 is 1.11 bits per heavy atom. The van der Waals surface area contributed by atoms with Gasteiger partial charge in [-0.3, -0.25) is 9.59 Å². The zero-order valence-corrected chi connectivity index (χ0v) is 14.8. The van der Waals surface area contributed by atoms with Crippen LogP contribution in [0.4, 0.5) is 10.1 Å². The van der Waals surface area contributed by atoms with Crippen molar-refractivity contribution >= 4 is 29.2 Å². The second-order valence-electron chi connectivity index (χ2n) is 6.27. The molecule has 1 saturated heterocycles. The third kappa shape index (κ3) is 2.83. The molecule has 28 heavy (non-hydrogen) atoms. The molecule has 2 aliphatic heterocycles. The number of halogens is 1. The van der Waals surface area contributed by atoms with Gasteiger partial charge in [0.25, 0.3) is 5.91 Å². The third-order valence-corrected chi connectivity index (χ3v) is 4.59. The summed E-state index contributed by atoms with van der Waals surface area (Å²) in [4.78, 5) is 43.6. The van der Waals surface area contributed by atoms with Crippen molar-refractivity contribution in [3.63, 3.8) is 0 Å². The fourth-order valence-electron chi connectivity index (χ4n) is 3.25. The van der Waals surface area contributed by atoms with Crippen LogP contribution in [0.15, 0.2) is 53.7 Å². The van der Waals surface area contributed by atoms with Crippen LogP contribution in [-0.2, 0) is 19.2 Å². The first-order valence-corrected chi connectivity index (χ1v) is 8.66. The molecular weight excluding hydrogens is 367 g/mol. The van der Waals surface area contributed by atoms with E-state index in [0.717, 1.165) is 4.90 Å². The zero-order valence-electron chi connectivity index (χ0n) is 14.8. The molecule has 7 nitrogen and oxygen atoms in total. The van der Waals surface area contributed by atoms with Crippen LogP contribution in [-0.4, -0.2) is 36.2 Å². The number of amides is 2. The number of imide groups is 1. The smallest absolute Gasteiger partial charge is 0.338 e. The van der Waals surface area contributed by atoms with Gasteiger partial charge < -0.3 is 9.57 Å². The molecular formula is C20H15FN2O5. The first-order valence-electron chi connectivity index (χ1n) is 8.66. The Labute approximate surface area is 159 Å². The summed E-state index contributed by atoms with van der Waals surface area (Å²) in [5, 5.41) is 3.87. The summed E-state index contributed by atoms with van der Waals surface area (Å²) < 4.78 is 18.1. The highest BCUT2D eigenvalue weighted by Gasteiger charge is 2.56. The molecule has 0 N–H and O–H groups in total. The van der Waals surface area contributed by atoms with Gasteiger partial charge in [-0.05, 0) is 43.3 Å². The normalized spacial score (nSPS) is 20.6. The predicted molar refractivity (Wildman–Crippen MR) is 96.2 cm³/mol. The van der Waals surface area contributed by atoms with E-state index in [9.17, 15) is 18.8 Å².